The standard InChI is InChI=1S/C23H33N7O/c1-23(2,30(26)15-13-24)16-8-10-18(11-9-16)29-21(25)20-19(12-14-27-22(20)31)28-17-6-4-3-5-7-17/h8-15,17H,3-7,24,26H2,1-2H3,(H2,25,29)(H2,27,28,31)/b15-13-. The number of hydrogen-bond acceptors (Lipinski definition) is 6. The number of hydrazine groups is 1. The molecule has 1 heterocycles. The predicted octanol–water partition coefficient (Wildman–Crippen LogP) is 3.40. The highest BCUT2D eigenvalue weighted by molar-refractivity contribution is 6.09. The number of rotatable bonds is 7. The molecule has 8 nitrogen and oxygen atoms in total. The molecule has 1 saturated carbocycles. The van der Waals surface area contributed by atoms with Gasteiger partial charge in [-0.15, -0.1) is 0 Å². The van der Waals surface area contributed by atoms with Gasteiger partial charge in [-0.1, -0.05) is 31.4 Å². The molecular formula is C23H33N7O. The first-order chi connectivity index (χ1) is 14.8. The molecule has 0 atom stereocenters. The first-order valence-electron chi connectivity index (χ1n) is 10.7. The van der Waals surface area contributed by atoms with E-state index in [2.05, 4.69) is 15.6 Å². The summed E-state index contributed by atoms with van der Waals surface area (Å²) in [4.78, 5) is 15.2. The highest BCUT2D eigenvalue weighted by Crippen LogP contribution is 2.27. The van der Waals surface area contributed by atoms with E-state index >= 15 is 0 Å². The molecule has 0 spiro atoms. The van der Waals surface area contributed by atoms with E-state index in [1.165, 1.54) is 25.5 Å². The van der Waals surface area contributed by atoms with E-state index < -0.39 is 5.54 Å². The number of aromatic nitrogens is 1. The fraction of sp³-hybridized carbons (Fsp3) is 0.391. The lowest BCUT2D eigenvalue weighted by Gasteiger charge is -2.34. The summed E-state index contributed by atoms with van der Waals surface area (Å²) in [6, 6.07) is 9.79. The van der Waals surface area contributed by atoms with Crippen LogP contribution in [0.5, 0.6) is 0 Å². The van der Waals surface area contributed by atoms with Gasteiger partial charge in [-0.05, 0) is 50.5 Å². The molecule has 1 aromatic heterocycles. The van der Waals surface area contributed by atoms with E-state index in [-0.39, 0.29) is 11.4 Å². The summed E-state index contributed by atoms with van der Waals surface area (Å²) in [5, 5.41) is 16.6. The Labute approximate surface area is 183 Å². The number of aromatic amines is 1. The maximum absolute atomic E-state index is 12.5. The number of pyridine rings is 1. The summed E-state index contributed by atoms with van der Waals surface area (Å²) in [6.07, 6.45) is 10.4. The van der Waals surface area contributed by atoms with Crippen LogP contribution >= 0.6 is 0 Å². The molecule has 0 saturated heterocycles. The lowest BCUT2D eigenvalue weighted by molar-refractivity contribution is 0.189. The van der Waals surface area contributed by atoms with Crippen molar-refractivity contribution in [1.82, 2.24) is 9.99 Å². The van der Waals surface area contributed by atoms with Crippen molar-refractivity contribution in [3.63, 3.8) is 0 Å². The van der Waals surface area contributed by atoms with Crippen LogP contribution in [0.3, 0.4) is 0 Å². The second kappa shape index (κ2) is 9.70. The molecule has 0 amide bonds. The van der Waals surface area contributed by atoms with Gasteiger partial charge in [0.1, 0.15) is 11.4 Å². The Morgan fingerprint density at radius 2 is 1.87 bits per heavy atom. The molecule has 1 aliphatic rings. The molecule has 2 aromatic rings. The van der Waals surface area contributed by atoms with Crippen LogP contribution in [0.15, 0.2) is 53.7 Å². The average Bonchev–Trinajstić information content (AvgIpc) is 2.75. The van der Waals surface area contributed by atoms with Crippen LogP contribution in [0, 0.1) is 5.41 Å². The highest BCUT2D eigenvalue weighted by Gasteiger charge is 2.24. The zero-order valence-electron chi connectivity index (χ0n) is 18.2. The van der Waals surface area contributed by atoms with Crippen LogP contribution < -0.4 is 27.8 Å². The van der Waals surface area contributed by atoms with Gasteiger partial charge in [0.2, 0.25) is 0 Å². The maximum atomic E-state index is 12.5. The molecule has 1 aliphatic carbocycles. The lowest BCUT2D eigenvalue weighted by Crippen LogP contribution is -2.42. The minimum absolute atomic E-state index is 0.0543. The van der Waals surface area contributed by atoms with E-state index in [0.717, 1.165) is 18.4 Å². The van der Waals surface area contributed by atoms with Gasteiger partial charge in [0.15, 0.2) is 0 Å². The van der Waals surface area contributed by atoms with Crippen molar-refractivity contribution in [3.05, 3.63) is 70.4 Å². The Morgan fingerprint density at radius 1 is 1.19 bits per heavy atom. The molecule has 31 heavy (non-hydrogen) atoms. The van der Waals surface area contributed by atoms with Crippen molar-refractivity contribution >= 4 is 17.2 Å². The highest BCUT2D eigenvalue weighted by atomic mass is 16.1. The molecule has 0 aliphatic heterocycles. The number of nitrogens with two attached hydrogens (primary N) is 2. The molecule has 3 rings (SSSR count). The van der Waals surface area contributed by atoms with Gasteiger partial charge in [0.05, 0.1) is 11.2 Å². The maximum Gasteiger partial charge on any atom is 0.261 e. The summed E-state index contributed by atoms with van der Waals surface area (Å²) in [5.74, 6) is 6.12. The van der Waals surface area contributed by atoms with Crippen LogP contribution in [-0.2, 0) is 5.54 Å². The largest absolute Gasteiger partial charge is 0.403 e. The van der Waals surface area contributed by atoms with E-state index in [1.807, 2.05) is 44.2 Å². The molecule has 0 bridgehead atoms. The number of hydrogen-bond donors (Lipinski definition) is 6. The third-order valence-electron chi connectivity index (χ3n) is 5.93. The molecular weight excluding hydrogens is 390 g/mol. The molecule has 0 unspecified atom stereocenters. The van der Waals surface area contributed by atoms with Gasteiger partial charge < -0.3 is 26.4 Å². The minimum Gasteiger partial charge on any atom is -0.403 e. The van der Waals surface area contributed by atoms with Gasteiger partial charge in [-0.25, -0.2) is 5.84 Å². The number of nitrogens with zero attached hydrogens (tertiary/aromatic N) is 1. The van der Waals surface area contributed by atoms with Crippen LogP contribution in [-0.4, -0.2) is 21.9 Å². The van der Waals surface area contributed by atoms with Crippen molar-refractivity contribution in [3.8, 4) is 0 Å². The van der Waals surface area contributed by atoms with E-state index in [4.69, 9.17) is 17.0 Å². The smallest absolute Gasteiger partial charge is 0.261 e. The first kappa shape index (κ1) is 22.4. The molecule has 8 heteroatoms. The Balaban J connectivity index is 1.76. The van der Waals surface area contributed by atoms with Crippen molar-refractivity contribution in [2.45, 2.75) is 57.5 Å². The number of nitrogens with one attached hydrogen (secondary N) is 4. The van der Waals surface area contributed by atoms with E-state index in [1.54, 1.807) is 17.4 Å². The topological polar surface area (TPSA) is 136 Å². The van der Waals surface area contributed by atoms with Gasteiger partial charge >= 0.3 is 0 Å². The Hall–Kier alpha value is -3.26. The molecule has 1 aromatic carbocycles. The third kappa shape index (κ3) is 5.27. The van der Waals surface area contributed by atoms with Gasteiger partial charge in [0, 0.05) is 30.3 Å². The number of anilines is 2. The Morgan fingerprint density at radius 3 is 2.52 bits per heavy atom. The number of benzene rings is 1. The zero-order chi connectivity index (χ0) is 22.4. The van der Waals surface area contributed by atoms with Gasteiger partial charge in [-0.3, -0.25) is 10.2 Å². The zero-order valence-corrected chi connectivity index (χ0v) is 18.2. The molecule has 8 N–H and O–H groups in total. The van der Waals surface area contributed by atoms with Crippen molar-refractivity contribution in [2.24, 2.45) is 11.6 Å². The van der Waals surface area contributed by atoms with Crippen LogP contribution in [0.4, 0.5) is 11.4 Å². The van der Waals surface area contributed by atoms with Crippen LogP contribution in [0.25, 0.3) is 0 Å². The van der Waals surface area contributed by atoms with E-state index in [9.17, 15) is 4.79 Å². The molecule has 166 valence electrons. The van der Waals surface area contributed by atoms with Gasteiger partial charge in [0.25, 0.3) is 5.56 Å². The van der Waals surface area contributed by atoms with Crippen molar-refractivity contribution < 1.29 is 0 Å². The normalized spacial score (nSPS) is 15.1. The summed E-state index contributed by atoms with van der Waals surface area (Å²) in [6.45, 7) is 3.98. The third-order valence-corrected chi connectivity index (χ3v) is 5.93. The second-order valence-electron chi connectivity index (χ2n) is 8.46. The first-order valence-corrected chi connectivity index (χ1v) is 10.7. The monoisotopic (exact) mass is 423 g/mol. The second-order valence-corrected chi connectivity index (χ2v) is 8.46. The minimum atomic E-state index is -0.463. The van der Waals surface area contributed by atoms with Crippen LogP contribution in [0.2, 0.25) is 0 Å². The number of amidine groups is 1. The Bertz CT molecular complexity index is 972. The lowest BCUT2D eigenvalue weighted by atomic mass is 9.93. The van der Waals surface area contributed by atoms with Gasteiger partial charge in [-0.2, -0.15) is 0 Å². The quantitative estimate of drug-likeness (QED) is 0.175. The summed E-state index contributed by atoms with van der Waals surface area (Å²) in [7, 11) is 0. The Kier molecular flexibility index (Phi) is 7.02. The summed E-state index contributed by atoms with van der Waals surface area (Å²) in [5.41, 5.74) is 7.42. The van der Waals surface area contributed by atoms with E-state index in [0.29, 0.717) is 23.0 Å². The fourth-order valence-corrected chi connectivity index (χ4v) is 3.91. The SMILES string of the molecule is CC(C)(c1ccc(NC(=N)c2c(NC3CCCCC3)cc[nH]c2=O)cc1)N(N)/C=C\N. The van der Waals surface area contributed by atoms with Crippen molar-refractivity contribution in [1.29, 1.82) is 5.41 Å². The molecule has 1 fully saturated rings. The van der Waals surface area contributed by atoms with Crippen molar-refractivity contribution in [2.75, 3.05) is 10.6 Å². The molecule has 0 radical (unpaired) electrons. The fourth-order valence-electron chi connectivity index (χ4n) is 3.91. The predicted molar refractivity (Wildman–Crippen MR) is 127 cm³/mol. The summed E-state index contributed by atoms with van der Waals surface area (Å²) < 4.78 is 0. The number of H-pyrrole nitrogens is 1. The average molecular weight is 424 g/mol. The summed E-state index contributed by atoms with van der Waals surface area (Å²) >= 11 is 0. The van der Waals surface area contributed by atoms with Crippen LogP contribution in [0.1, 0.15) is 57.1 Å².